The maximum atomic E-state index is 6.42. The molecule has 0 amide bonds. The number of rotatable bonds is 7. The summed E-state index contributed by atoms with van der Waals surface area (Å²) in [4.78, 5) is 4.44. The molecule has 5 heteroatoms. The lowest BCUT2D eigenvalue weighted by molar-refractivity contribution is 0.148. The molecule has 0 saturated carbocycles. The molecule has 1 unspecified atom stereocenters. The molecule has 1 heterocycles. The van der Waals surface area contributed by atoms with E-state index < -0.39 is 0 Å². The van der Waals surface area contributed by atoms with Crippen LogP contribution in [0.25, 0.3) is 0 Å². The van der Waals surface area contributed by atoms with Crippen LogP contribution in [0.5, 0.6) is 0 Å². The summed E-state index contributed by atoms with van der Waals surface area (Å²) in [6.45, 7) is 14.9. The Kier molecular flexibility index (Phi) is 7.87. The monoisotopic (exact) mass is 429 g/mol. The fourth-order valence-electron chi connectivity index (χ4n) is 3.79. The predicted octanol–water partition coefficient (Wildman–Crippen LogP) is 5.92. The molecule has 0 aliphatic carbocycles. The van der Waals surface area contributed by atoms with E-state index in [-0.39, 0.29) is 0 Å². The Bertz CT molecular complexity index is 855. The highest BCUT2D eigenvalue weighted by molar-refractivity contribution is 7.22. The Balaban J connectivity index is 2.19. The van der Waals surface area contributed by atoms with Gasteiger partial charge in [-0.3, -0.25) is 0 Å². The summed E-state index contributed by atoms with van der Waals surface area (Å²) in [5, 5.41) is 5.25. The topological polar surface area (TPSA) is 18.5 Å². The minimum absolute atomic E-state index is 0.322. The lowest BCUT2D eigenvalue weighted by atomic mass is 9.77. The highest BCUT2D eigenvalue weighted by atomic mass is 35.5. The van der Waals surface area contributed by atoms with E-state index in [9.17, 15) is 0 Å². The van der Waals surface area contributed by atoms with Gasteiger partial charge in [-0.25, -0.2) is 0 Å². The summed E-state index contributed by atoms with van der Waals surface area (Å²) in [5.41, 5.74) is 4.06. The van der Waals surface area contributed by atoms with Crippen LogP contribution < -0.4 is 5.32 Å². The Hall–Kier alpha value is -1.88. The van der Waals surface area contributed by atoms with Crippen molar-refractivity contribution in [2.75, 3.05) is 32.5 Å². The number of piperidine rings is 1. The molecule has 29 heavy (non-hydrogen) atoms. The number of terminal acetylenes is 1. The zero-order valence-corrected chi connectivity index (χ0v) is 20.0. The van der Waals surface area contributed by atoms with Crippen LogP contribution in [0, 0.1) is 17.8 Å². The van der Waals surface area contributed by atoms with E-state index >= 15 is 0 Å². The highest BCUT2D eigenvalue weighted by Crippen LogP contribution is 2.39. The fraction of sp³-hybridized carbons (Fsp3) is 0.417. The lowest BCUT2D eigenvalue weighted by Gasteiger charge is -2.42. The van der Waals surface area contributed by atoms with Gasteiger partial charge in [-0.15, -0.1) is 15.7 Å². The van der Waals surface area contributed by atoms with E-state index in [1.165, 1.54) is 5.31 Å². The number of nitrogens with one attached hydrogen (secondary N) is 1. The van der Waals surface area contributed by atoms with Gasteiger partial charge in [-0.05, 0) is 49.8 Å². The highest BCUT2D eigenvalue weighted by Gasteiger charge is 2.31. The first kappa shape index (κ1) is 23.4. The molecule has 2 rings (SSSR count). The van der Waals surface area contributed by atoms with Gasteiger partial charge in [0, 0.05) is 44.0 Å². The van der Waals surface area contributed by atoms with Gasteiger partial charge in [-0.1, -0.05) is 42.9 Å². The molecule has 1 atom stereocenters. The Labute approximate surface area is 184 Å². The number of allylic oxidation sites excluding steroid dienone is 2. The number of nitrogens with zero attached hydrogens (tertiary/aromatic N) is 2. The smallest absolute Gasteiger partial charge is 0.110 e. The number of benzene rings is 1. The van der Waals surface area contributed by atoms with Crippen molar-refractivity contribution in [1.29, 1.82) is 0 Å². The van der Waals surface area contributed by atoms with E-state index in [0.717, 1.165) is 60.7 Å². The van der Waals surface area contributed by atoms with Gasteiger partial charge < -0.3 is 15.1 Å². The SMILES string of the molecule is C#Cc1ccc(N/C(=C(\C)C(=C)N2CCC(C)(CC(=C)P)CC2)N(C)C)c(Cl)c1. The van der Waals surface area contributed by atoms with Crippen molar-refractivity contribution in [3.63, 3.8) is 0 Å². The molecule has 1 aromatic rings. The van der Waals surface area contributed by atoms with Gasteiger partial charge >= 0.3 is 0 Å². The molecule has 3 nitrogen and oxygen atoms in total. The molecule has 1 aliphatic heterocycles. The van der Waals surface area contributed by atoms with Crippen molar-refractivity contribution < 1.29 is 0 Å². The van der Waals surface area contributed by atoms with Crippen LogP contribution in [0.1, 0.15) is 38.7 Å². The first-order valence-corrected chi connectivity index (χ1v) is 10.8. The molecule has 1 saturated heterocycles. The van der Waals surface area contributed by atoms with Crippen LogP contribution in [-0.2, 0) is 0 Å². The molecule has 1 aliphatic rings. The van der Waals surface area contributed by atoms with Gasteiger partial charge in [0.25, 0.3) is 0 Å². The molecule has 1 fully saturated rings. The summed E-state index contributed by atoms with van der Waals surface area (Å²) in [6.07, 6.45) is 8.80. The molecule has 0 aromatic heterocycles. The second-order valence-corrected chi connectivity index (χ2v) is 9.64. The second-order valence-electron chi connectivity index (χ2n) is 8.41. The number of likely N-dealkylation sites (tertiary alicyclic amines) is 1. The lowest BCUT2D eigenvalue weighted by Crippen LogP contribution is -2.38. The summed E-state index contributed by atoms with van der Waals surface area (Å²) >= 11 is 6.42. The summed E-state index contributed by atoms with van der Waals surface area (Å²) in [5.74, 6) is 3.58. The van der Waals surface area contributed by atoms with Crippen molar-refractivity contribution in [3.8, 4) is 12.3 Å². The maximum Gasteiger partial charge on any atom is 0.110 e. The summed E-state index contributed by atoms with van der Waals surface area (Å²) in [6, 6.07) is 5.60. The van der Waals surface area contributed by atoms with Crippen LogP contribution in [-0.4, -0.2) is 37.0 Å². The predicted molar refractivity (Wildman–Crippen MR) is 131 cm³/mol. The second kappa shape index (κ2) is 9.75. The molecule has 1 N–H and O–H groups in total. The third kappa shape index (κ3) is 6.05. The third-order valence-corrected chi connectivity index (χ3v) is 6.15. The molecular formula is C24H33ClN3P. The van der Waals surface area contributed by atoms with Gasteiger partial charge in [0.1, 0.15) is 5.82 Å². The van der Waals surface area contributed by atoms with Crippen LogP contribution in [0.4, 0.5) is 5.69 Å². The van der Waals surface area contributed by atoms with Crippen molar-refractivity contribution >= 4 is 26.5 Å². The van der Waals surface area contributed by atoms with Gasteiger partial charge in [0.15, 0.2) is 0 Å². The third-order valence-electron chi connectivity index (χ3n) is 5.63. The quantitative estimate of drug-likeness (QED) is 0.329. The minimum atomic E-state index is 0.322. The van der Waals surface area contributed by atoms with E-state index in [1.807, 2.05) is 26.2 Å². The van der Waals surface area contributed by atoms with Gasteiger partial charge in [-0.2, -0.15) is 0 Å². The van der Waals surface area contributed by atoms with Crippen molar-refractivity contribution in [1.82, 2.24) is 9.80 Å². The summed E-state index contributed by atoms with van der Waals surface area (Å²) < 4.78 is 0. The number of anilines is 1. The van der Waals surface area contributed by atoms with E-state index in [2.05, 4.69) is 57.3 Å². The molecule has 0 spiro atoms. The molecule has 0 bridgehead atoms. The number of halogens is 1. The number of hydrogen-bond donors (Lipinski definition) is 1. The standard InChI is InChI=1S/C24H33ClN3P/c1-8-20-9-10-22(21(25)15-20)26-23(27(6)7)18(3)19(4)28-13-11-24(5,12-14-28)16-17(2)29/h1,9-10,15,26H,2,4,11-14,16,29H2,3,5-7H3/b23-18-. The fourth-order valence-corrected chi connectivity index (χ4v) is 4.51. The van der Waals surface area contributed by atoms with Crippen molar-refractivity contribution in [2.45, 2.75) is 33.1 Å². The zero-order valence-electron chi connectivity index (χ0n) is 18.1. The summed E-state index contributed by atoms with van der Waals surface area (Å²) in [7, 11) is 6.78. The van der Waals surface area contributed by atoms with Crippen LogP contribution >= 0.6 is 20.8 Å². The van der Waals surface area contributed by atoms with Gasteiger partial charge in [0.2, 0.25) is 0 Å². The normalized spacial score (nSPS) is 16.5. The maximum absolute atomic E-state index is 6.42. The van der Waals surface area contributed by atoms with Crippen LogP contribution in [0.2, 0.25) is 5.02 Å². The molecule has 1 aromatic carbocycles. The first-order chi connectivity index (χ1) is 13.6. The number of hydrogen-bond acceptors (Lipinski definition) is 3. The Morgan fingerprint density at radius 1 is 1.34 bits per heavy atom. The average Bonchev–Trinajstić information content (AvgIpc) is 2.65. The molecular weight excluding hydrogens is 397 g/mol. The Morgan fingerprint density at radius 3 is 2.45 bits per heavy atom. The average molecular weight is 430 g/mol. The van der Waals surface area contributed by atoms with Gasteiger partial charge in [0.05, 0.1) is 10.7 Å². The van der Waals surface area contributed by atoms with Crippen LogP contribution in [0.15, 0.2) is 53.8 Å². The van der Waals surface area contributed by atoms with E-state index in [0.29, 0.717) is 10.4 Å². The largest absolute Gasteiger partial charge is 0.372 e. The molecule has 0 radical (unpaired) electrons. The van der Waals surface area contributed by atoms with Crippen molar-refractivity contribution in [3.05, 3.63) is 64.3 Å². The van der Waals surface area contributed by atoms with E-state index in [1.54, 1.807) is 6.07 Å². The van der Waals surface area contributed by atoms with E-state index in [4.69, 9.17) is 18.0 Å². The first-order valence-electron chi connectivity index (χ1n) is 9.85. The minimum Gasteiger partial charge on any atom is -0.372 e. The van der Waals surface area contributed by atoms with Crippen LogP contribution in [0.3, 0.4) is 0 Å². The zero-order chi connectivity index (χ0) is 21.8. The Morgan fingerprint density at radius 2 is 1.97 bits per heavy atom. The molecule has 156 valence electrons. The van der Waals surface area contributed by atoms with Crippen molar-refractivity contribution in [2.24, 2.45) is 5.41 Å².